The molecule has 2 heterocycles. The third kappa shape index (κ3) is 4.48. The van der Waals surface area contributed by atoms with Crippen molar-refractivity contribution in [1.29, 1.82) is 0 Å². The first kappa shape index (κ1) is 18.9. The number of nitrogens with zero attached hydrogens (tertiary/aromatic N) is 3. The number of carbonyl (C=O) groups is 2. The van der Waals surface area contributed by atoms with Gasteiger partial charge in [-0.05, 0) is 44.0 Å². The van der Waals surface area contributed by atoms with Gasteiger partial charge >= 0.3 is 0 Å². The van der Waals surface area contributed by atoms with Crippen molar-refractivity contribution in [3.63, 3.8) is 0 Å². The van der Waals surface area contributed by atoms with Crippen LogP contribution in [0.2, 0.25) is 0 Å². The molecular formula is C20H26N4O3. The zero-order valence-electron chi connectivity index (χ0n) is 16.0. The molecule has 1 atom stereocenters. The van der Waals surface area contributed by atoms with Gasteiger partial charge in [0, 0.05) is 43.4 Å². The predicted octanol–water partition coefficient (Wildman–Crippen LogP) is 2.16. The number of amides is 2. The fraction of sp³-hybridized carbons (Fsp3) is 0.450. The first-order valence-electron chi connectivity index (χ1n) is 9.20. The van der Waals surface area contributed by atoms with Crippen LogP contribution in [0.1, 0.15) is 41.7 Å². The molecule has 1 aliphatic heterocycles. The van der Waals surface area contributed by atoms with E-state index in [2.05, 4.69) is 10.4 Å². The first-order valence-corrected chi connectivity index (χ1v) is 9.20. The summed E-state index contributed by atoms with van der Waals surface area (Å²) in [5.41, 5.74) is 1.63. The molecule has 1 aromatic carbocycles. The maximum Gasteiger partial charge on any atom is 0.253 e. The Morgan fingerprint density at radius 2 is 1.89 bits per heavy atom. The molecule has 0 spiro atoms. The van der Waals surface area contributed by atoms with Crippen LogP contribution < -0.4 is 10.1 Å². The zero-order valence-corrected chi connectivity index (χ0v) is 16.0. The molecule has 1 saturated heterocycles. The summed E-state index contributed by atoms with van der Waals surface area (Å²) < 4.78 is 6.85. The lowest BCUT2D eigenvalue weighted by Crippen LogP contribution is -2.43. The SMILES string of the molecule is COc1ccc(C(=O)N2CCC(C(=O)NC(C)c3cnn(C)c3)CC2)cc1. The Labute approximate surface area is 159 Å². The molecule has 1 aromatic heterocycles. The smallest absolute Gasteiger partial charge is 0.253 e. The van der Waals surface area contributed by atoms with Gasteiger partial charge in [-0.1, -0.05) is 0 Å². The van der Waals surface area contributed by atoms with Crippen molar-refractivity contribution in [3.05, 3.63) is 47.8 Å². The summed E-state index contributed by atoms with van der Waals surface area (Å²) in [6, 6.07) is 7.04. The highest BCUT2D eigenvalue weighted by Gasteiger charge is 2.28. The number of benzene rings is 1. The number of rotatable bonds is 5. The van der Waals surface area contributed by atoms with Crippen molar-refractivity contribution in [1.82, 2.24) is 20.0 Å². The van der Waals surface area contributed by atoms with E-state index in [-0.39, 0.29) is 23.8 Å². The van der Waals surface area contributed by atoms with Crippen molar-refractivity contribution in [2.24, 2.45) is 13.0 Å². The lowest BCUT2D eigenvalue weighted by Gasteiger charge is -2.32. The van der Waals surface area contributed by atoms with Crippen molar-refractivity contribution >= 4 is 11.8 Å². The molecule has 144 valence electrons. The van der Waals surface area contributed by atoms with Crippen molar-refractivity contribution < 1.29 is 14.3 Å². The molecule has 1 N–H and O–H groups in total. The van der Waals surface area contributed by atoms with Crippen LogP contribution in [0, 0.1) is 5.92 Å². The number of ether oxygens (including phenoxy) is 1. The molecule has 1 fully saturated rings. The highest BCUT2D eigenvalue weighted by atomic mass is 16.5. The van der Waals surface area contributed by atoms with Gasteiger partial charge in [0.1, 0.15) is 5.75 Å². The standard InChI is InChI=1S/C20H26N4O3/c1-14(17-12-21-23(2)13-17)22-19(25)15-8-10-24(11-9-15)20(26)16-4-6-18(27-3)7-5-16/h4-7,12-15H,8-11H2,1-3H3,(H,22,25). The maximum atomic E-state index is 12.6. The van der Waals surface area contributed by atoms with Crippen molar-refractivity contribution in [2.75, 3.05) is 20.2 Å². The van der Waals surface area contributed by atoms with Crippen LogP contribution in [0.5, 0.6) is 5.75 Å². The number of aryl methyl sites for hydroxylation is 1. The summed E-state index contributed by atoms with van der Waals surface area (Å²) in [5.74, 6) is 0.705. The summed E-state index contributed by atoms with van der Waals surface area (Å²) in [4.78, 5) is 27.0. The molecule has 0 bridgehead atoms. The molecule has 7 heteroatoms. The van der Waals surface area contributed by atoms with Gasteiger partial charge in [0.05, 0.1) is 19.3 Å². The zero-order chi connectivity index (χ0) is 19.4. The summed E-state index contributed by atoms with van der Waals surface area (Å²) in [6.07, 6.45) is 5.02. The average Bonchev–Trinajstić information content (AvgIpc) is 3.14. The van der Waals surface area contributed by atoms with Gasteiger partial charge in [0.25, 0.3) is 5.91 Å². The van der Waals surface area contributed by atoms with Gasteiger partial charge in [0.2, 0.25) is 5.91 Å². The van der Waals surface area contributed by atoms with Crippen molar-refractivity contribution in [3.8, 4) is 5.75 Å². The Balaban J connectivity index is 1.51. The molecule has 3 rings (SSSR count). The number of likely N-dealkylation sites (tertiary alicyclic amines) is 1. The second-order valence-electron chi connectivity index (χ2n) is 6.97. The number of carbonyl (C=O) groups excluding carboxylic acids is 2. The summed E-state index contributed by atoms with van der Waals surface area (Å²) >= 11 is 0. The fourth-order valence-corrected chi connectivity index (χ4v) is 3.34. The summed E-state index contributed by atoms with van der Waals surface area (Å²) in [7, 11) is 3.45. The highest BCUT2D eigenvalue weighted by Crippen LogP contribution is 2.22. The molecule has 0 aliphatic carbocycles. The molecule has 1 unspecified atom stereocenters. The predicted molar refractivity (Wildman–Crippen MR) is 101 cm³/mol. The molecule has 0 saturated carbocycles. The van der Waals surface area contributed by atoms with E-state index in [1.807, 2.05) is 25.1 Å². The number of hydrogen-bond acceptors (Lipinski definition) is 4. The molecule has 27 heavy (non-hydrogen) atoms. The van der Waals surface area contributed by atoms with Gasteiger partial charge < -0.3 is 15.0 Å². The number of piperidine rings is 1. The maximum absolute atomic E-state index is 12.6. The van der Waals surface area contributed by atoms with E-state index in [0.29, 0.717) is 31.5 Å². The molecule has 2 aromatic rings. The Kier molecular flexibility index (Phi) is 5.78. The Morgan fingerprint density at radius 1 is 1.22 bits per heavy atom. The largest absolute Gasteiger partial charge is 0.497 e. The topological polar surface area (TPSA) is 76.5 Å². The van der Waals surface area contributed by atoms with E-state index in [0.717, 1.165) is 11.3 Å². The molecule has 1 aliphatic rings. The Morgan fingerprint density at radius 3 is 2.44 bits per heavy atom. The summed E-state index contributed by atoms with van der Waals surface area (Å²) in [5, 5.41) is 7.20. The second kappa shape index (κ2) is 8.24. The van der Waals surface area contributed by atoms with Gasteiger partial charge in [-0.15, -0.1) is 0 Å². The van der Waals surface area contributed by atoms with Crippen LogP contribution in [0.3, 0.4) is 0 Å². The number of hydrogen-bond donors (Lipinski definition) is 1. The van der Waals surface area contributed by atoms with E-state index in [1.165, 1.54) is 0 Å². The van der Waals surface area contributed by atoms with E-state index >= 15 is 0 Å². The van der Waals surface area contributed by atoms with Gasteiger partial charge in [-0.3, -0.25) is 14.3 Å². The Bertz CT molecular complexity index is 792. The highest BCUT2D eigenvalue weighted by molar-refractivity contribution is 5.94. The van der Waals surface area contributed by atoms with Crippen LogP contribution in [0.15, 0.2) is 36.7 Å². The number of nitrogens with one attached hydrogen (secondary N) is 1. The average molecular weight is 370 g/mol. The monoisotopic (exact) mass is 370 g/mol. The minimum Gasteiger partial charge on any atom is -0.497 e. The third-order valence-electron chi connectivity index (χ3n) is 5.07. The van der Waals surface area contributed by atoms with E-state index < -0.39 is 0 Å². The lowest BCUT2D eigenvalue weighted by molar-refractivity contribution is -0.126. The number of methoxy groups -OCH3 is 1. The lowest BCUT2D eigenvalue weighted by atomic mass is 9.95. The molecular weight excluding hydrogens is 344 g/mol. The van der Waals surface area contributed by atoms with Gasteiger partial charge in [0.15, 0.2) is 0 Å². The normalized spacial score (nSPS) is 16.0. The van der Waals surface area contributed by atoms with Crippen LogP contribution in [0.4, 0.5) is 0 Å². The van der Waals surface area contributed by atoms with Crippen molar-refractivity contribution in [2.45, 2.75) is 25.8 Å². The van der Waals surface area contributed by atoms with Crippen LogP contribution >= 0.6 is 0 Å². The van der Waals surface area contributed by atoms with Gasteiger partial charge in [-0.2, -0.15) is 5.10 Å². The van der Waals surface area contributed by atoms with E-state index in [9.17, 15) is 9.59 Å². The van der Waals surface area contributed by atoms with E-state index in [4.69, 9.17) is 4.74 Å². The minimum absolute atomic E-state index is 0.000221. The minimum atomic E-state index is -0.0786. The van der Waals surface area contributed by atoms with Crippen LogP contribution in [-0.2, 0) is 11.8 Å². The van der Waals surface area contributed by atoms with Crippen LogP contribution in [-0.4, -0.2) is 46.7 Å². The number of aromatic nitrogens is 2. The second-order valence-corrected chi connectivity index (χ2v) is 6.97. The quantitative estimate of drug-likeness (QED) is 0.875. The van der Waals surface area contributed by atoms with E-state index in [1.54, 1.807) is 42.3 Å². The molecule has 2 amide bonds. The third-order valence-corrected chi connectivity index (χ3v) is 5.07. The summed E-state index contributed by atoms with van der Waals surface area (Å²) in [6.45, 7) is 3.13. The van der Waals surface area contributed by atoms with Crippen LogP contribution in [0.25, 0.3) is 0 Å². The Hall–Kier alpha value is -2.83. The molecule has 7 nitrogen and oxygen atoms in total. The molecule has 0 radical (unpaired) electrons. The van der Waals surface area contributed by atoms with Gasteiger partial charge in [-0.25, -0.2) is 0 Å². The fourth-order valence-electron chi connectivity index (χ4n) is 3.34. The first-order chi connectivity index (χ1) is 13.0.